The second-order valence-electron chi connectivity index (χ2n) is 6.66. The Morgan fingerprint density at radius 3 is 2.75 bits per heavy atom. The van der Waals surface area contributed by atoms with Crippen LogP contribution in [-0.2, 0) is 12.1 Å². The first-order valence-electron chi connectivity index (χ1n) is 7.67. The van der Waals surface area contributed by atoms with Gasteiger partial charge < -0.3 is 10.4 Å². The zero-order valence-electron chi connectivity index (χ0n) is 14.1. The van der Waals surface area contributed by atoms with Crippen LogP contribution in [0.2, 0.25) is 0 Å². The summed E-state index contributed by atoms with van der Waals surface area (Å²) in [6, 6.07) is 7.33. The van der Waals surface area contributed by atoms with Crippen molar-refractivity contribution in [2.24, 2.45) is 0 Å². The molecule has 0 aliphatic carbocycles. The van der Waals surface area contributed by atoms with Crippen molar-refractivity contribution in [3.63, 3.8) is 0 Å². The zero-order valence-corrected chi connectivity index (χ0v) is 14.9. The molecule has 0 saturated heterocycles. The maximum absolute atomic E-state index is 12.7. The maximum atomic E-state index is 12.7. The number of aliphatic hydroxyl groups is 1. The van der Waals surface area contributed by atoms with Gasteiger partial charge in [0.05, 0.1) is 28.1 Å². The monoisotopic (exact) mass is 344 g/mol. The molecule has 0 aliphatic heterocycles. The van der Waals surface area contributed by atoms with Gasteiger partial charge in [-0.2, -0.15) is 5.10 Å². The summed E-state index contributed by atoms with van der Waals surface area (Å²) in [5.74, 6) is -0.206. The number of carbonyl (C=O) groups excluding carboxylic acids is 1. The van der Waals surface area contributed by atoms with Gasteiger partial charge in [-0.25, -0.2) is 4.98 Å². The van der Waals surface area contributed by atoms with Gasteiger partial charge in [-0.1, -0.05) is 0 Å². The van der Waals surface area contributed by atoms with Crippen molar-refractivity contribution in [2.75, 3.05) is 5.32 Å². The minimum absolute atomic E-state index is 0.0783. The highest BCUT2D eigenvalue weighted by Crippen LogP contribution is 2.25. The number of nitrogens with one attached hydrogen (secondary N) is 1. The average Bonchev–Trinajstić information content (AvgIpc) is 3.09. The molecule has 0 spiro atoms. The van der Waals surface area contributed by atoms with Gasteiger partial charge in [0.25, 0.3) is 5.91 Å². The van der Waals surface area contributed by atoms with E-state index in [4.69, 9.17) is 0 Å². The van der Waals surface area contributed by atoms with Gasteiger partial charge in [-0.3, -0.25) is 9.48 Å². The van der Waals surface area contributed by atoms with Crippen molar-refractivity contribution < 1.29 is 9.90 Å². The van der Waals surface area contributed by atoms with Crippen LogP contribution in [0.15, 0.2) is 24.3 Å². The number of carbonyl (C=O) groups is 1. The van der Waals surface area contributed by atoms with E-state index >= 15 is 0 Å². The van der Waals surface area contributed by atoms with Crippen molar-refractivity contribution in [2.45, 2.75) is 39.8 Å². The first kappa shape index (κ1) is 16.6. The molecule has 2 heterocycles. The number of thiazole rings is 1. The van der Waals surface area contributed by atoms with Gasteiger partial charge in [0.2, 0.25) is 0 Å². The van der Waals surface area contributed by atoms with E-state index in [1.807, 2.05) is 45.9 Å². The summed E-state index contributed by atoms with van der Waals surface area (Å²) in [6.45, 7) is 7.82. The molecule has 24 heavy (non-hydrogen) atoms. The van der Waals surface area contributed by atoms with Crippen LogP contribution in [0.4, 0.5) is 5.69 Å². The molecule has 0 unspecified atom stereocenters. The standard InChI is InChI=1S/C17H20N4O2S/c1-10-7-13(21(20-10)17(2,3)4)16(23)18-11-5-6-14-12(8-11)19-15(9-22)24-14/h5-8,22H,9H2,1-4H3,(H,18,23). The highest BCUT2D eigenvalue weighted by Gasteiger charge is 2.23. The molecule has 0 aliphatic rings. The Bertz CT molecular complexity index is 905. The molecule has 3 rings (SSSR count). The molecule has 0 atom stereocenters. The Hall–Kier alpha value is -2.25. The molecule has 6 nitrogen and oxygen atoms in total. The predicted molar refractivity (Wildman–Crippen MR) is 95.5 cm³/mol. The third-order valence-corrected chi connectivity index (χ3v) is 4.55. The summed E-state index contributed by atoms with van der Waals surface area (Å²) in [4.78, 5) is 17.0. The van der Waals surface area contributed by atoms with Crippen LogP contribution < -0.4 is 5.32 Å². The number of amides is 1. The molecular formula is C17H20N4O2S. The third-order valence-electron chi connectivity index (χ3n) is 3.52. The number of aromatic nitrogens is 3. The van der Waals surface area contributed by atoms with E-state index < -0.39 is 0 Å². The van der Waals surface area contributed by atoms with Crippen LogP contribution in [0.1, 0.15) is 42.0 Å². The smallest absolute Gasteiger partial charge is 0.273 e. The molecule has 1 amide bonds. The number of hydrogen-bond acceptors (Lipinski definition) is 5. The van der Waals surface area contributed by atoms with Crippen molar-refractivity contribution in [1.82, 2.24) is 14.8 Å². The minimum Gasteiger partial charge on any atom is -0.389 e. The molecule has 126 valence electrons. The quantitative estimate of drug-likeness (QED) is 0.764. The second kappa shape index (κ2) is 5.99. The Morgan fingerprint density at radius 2 is 2.08 bits per heavy atom. The topological polar surface area (TPSA) is 80.0 Å². The van der Waals surface area contributed by atoms with Crippen LogP contribution in [0.25, 0.3) is 10.2 Å². The van der Waals surface area contributed by atoms with Gasteiger partial charge in [-0.15, -0.1) is 11.3 Å². The van der Waals surface area contributed by atoms with E-state index in [0.717, 1.165) is 15.9 Å². The summed E-state index contributed by atoms with van der Waals surface area (Å²) in [5, 5.41) is 17.2. The highest BCUT2D eigenvalue weighted by atomic mass is 32.1. The van der Waals surface area contributed by atoms with Crippen molar-refractivity contribution in [1.29, 1.82) is 0 Å². The second-order valence-corrected chi connectivity index (χ2v) is 7.77. The fraction of sp³-hybridized carbons (Fsp3) is 0.353. The summed E-state index contributed by atoms with van der Waals surface area (Å²) in [5.41, 5.74) is 2.48. The molecule has 0 saturated carbocycles. The lowest BCUT2D eigenvalue weighted by molar-refractivity contribution is 0.100. The third kappa shape index (κ3) is 3.18. The Balaban J connectivity index is 1.90. The lowest BCUT2D eigenvalue weighted by Crippen LogP contribution is -2.29. The fourth-order valence-electron chi connectivity index (χ4n) is 2.49. The number of fused-ring (bicyclic) bond motifs is 1. The lowest BCUT2D eigenvalue weighted by atomic mass is 10.1. The zero-order chi connectivity index (χ0) is 17.5. The van der Waals surface area contributed by atoms with Crippen molar-refractivity contribution >= 4 is 33.1 Å². The number of aliphatic hydroxyl groups excluding tert-OH is 1. The highest BCUT2D eigenvalue weighted by molar-refractivity contribution is 7.18. The lowest BCUT2D eigenvalue weighted by Gasteiger charge is -2.22. The number of nitrogens with zero attached hydrogens (tertiary/aromatic N) is 3. The molecule has 1 aromatic carbocycles. The number of anilines is 1. The van der Waals surface area contributed by atoms with Gasteiger partial charge in [-0.05, 0) is 52.0 Å². The summed E-state index contributed by atoms with van der Waals surface area (Å²) in [6.07, 6.45) is 0. The molecule has 2 N–H and O–H groups in total. The summed E-state index contributed by atoms with van der Waals surface area (Å²) < 4.78 is 2.72. The Labute approximate surface area is 144 Å². The van der Waals surface area contributed by atoms with Crippen LogP contribution in [0, 0.1) is 6.92 Å². The van der Waals surface area contributed by atoms with E-state index in [0.29, 0.717) is 16.4 Å². The first-order chi connectivity index (χ1) is 11.3. The largest absolute Gasteiger partial charge is 0.389 e. The van der Waals surface area contributed by atoms with Crippen molar-refractivity contribution in [3.8, 4) is 0 Å². The number of hydrogen-bond donors (Lipinski definition) is 2. The fourth-order valence-corrected chi connectivity index (χ4v) is 3.30. The van der Waals surface area contributed by atoms with Gasteiger partial charge in [0.15, 0.2) is 0 Å². The Kier molecular flexibility index (Phi) is 4.15. The molecule has 0 bridgehead atoms. The SMILES string of the molecule is Cc1cc(C(=O)Nc2ccc3sc(CO)nc3c2)n(C(C)(C)C)n1. The van der Waals surface area contributed by atoms with Gasteiger partial charge >= 0.3 is 0 Å². The van der Waals surface area contributed by atoms with E-state index in [1.165, 1.54) is 11.3 Å². The Morgan fingerprint density at radius 1 is 1.33 bits per heavy atom. The average molecular weight is 344 g/mol. The van der Waals surface area contributed by atoms with E-state index in [-0.39, 0.29) is 18.1 Å². The number of rotatable bonds is 3. The predicted octanol–water partition coefficient (Wildman–Crippen LogP) is 3.30. The summed E-state index contributed by atoms with van der Waals surface area (Å²) in [7, 11) is 0. The van der Waals surface area contributed by atoms with Crippen molar-refractivity contribution in [3.05, 3.63) is 40.7 Å². The summed E-state index contributed by atoms with van der Waals surface area (Å²) >= 11 is 1.44. The van der Waals surface area contributed by atoms with Gasteiger partial charge in [0.1, 0.15) is 10.7 Å². The van der Waals surface area contributed by atoms with Crippen LogP contribution in [0.5, 0.6) is 0 Å². The molecule has 7 heteroatoms. The first-order valence-corrected chi connectivity index (χ1v) is 8.48. The minimum atomic E-state index is -0.282. The molecule has 2 aromatic heterocycles. The van der Waals surface area contributed by atoms with E-state index in [9.17, 15) is 9.90 Å². The number of aryl methyl sites for hydroxylation is 1. The molecule has 3 aromatic rings. The molecule has 0 fully saturated rings. The maximum Gasteiger partial charge on any atom is 0.273 e. The molecule has 0 radical (unpaired) electrons. The van der Waals surface area contributed by atoms with Crippen LogP contribution >= 0.6 is 11.3 Å². The number of benzene rings is 1. The van der Waals surface area contributed by atoms with Crippen LogP contribution in [-0.4, -0.2) is 25.8 Å². The van der Waals surface area contributed by atoms with E-state index in [1.54, 1.807) is 10.7 Å². The van der Waals surface area contributed by atoms with E-state index in [2.05, 4.69) is 15.4 Å². The molecular weight excluding hydrogens is 324 g/mol. The normalized spacial score (nSPS) is 11.9. The van der Waals surface area contributed by atoms with Gasteiger partial charge in [0, 0.05) is 5.69 Å². The van der Waals surface area contributed by atoms with Crippen LogP contribution in [0.3, 0.4) is 0 Å².